The van der Waals surface area contributed by atoms with Crippen LogP contribution >= 0.6 is 0 Å². The first-order chi connectivity index (χ1) is 8.15. The Balaban J connectivity index is 2.36. The molecule has 0 aromatic heterocycles. The Morgan fingerprint density at radius 3 is 2.00 bits per heavy atom. The lowest BCUT2D eigenvalue weighted by atomic mass is 10.1. The van der Waals surface area contributed by atoms with Crippen molar-refractivity contribution in [2.75, 3.05) is 33.7 Å². The van der Waals surface area contributed by atoms with E-state index in [-0.39, 0.29) is 0 Å². The average Bonchev–Trinajstić information content (AvgIpc) is 2.36. The minimum Gasteiger partial charge on any atom is -0.326 e. The van der Waals surface area contributed by atoms with Crippen molar-refractivity contribution in [3.8, 4) is 0 Å². The lowest BCUT2D eigenvalue weighted by Crippen LogP contribution is -2.30. The SMILES string of the molecule is CCN(C)CCN(C)Cc1ccc(CN)cc1. The molecule has 3 nitrogen and oxygen atoms in total. The van der Waals surface area contributed by atoms with E-state index in [4.69, 9.17) is 5.73 Å². The fourth-order valence-corrected chi connectivity index (χ4v) is 1.67. The second-order valence-electron chi connectivity index (χ2n) is 4.65. The fourth-order valence-electron chi connectivity index (χ4n) is 1.67. The van der Waals surface area contributed by atoms with Gasteiger partial charge in [-0.3, -0.25) is 0 Å². The van der Waals surface area contributed by atoms with Crippen molar-refractivity contribution in [1.82, 2.24) is 9.80 Å². The van der Waals surface area contributed by atoms with Gasteiger partial charge in [0.2, 0.25) is 0 Å². The molecule has 96 valence electrons. The van der Waals surface area contributed by atoms with E-state index in [1.54, 1.807) is 0 Å². The van der Waals surface area contributed by atoms with E-state index in [1.807, 2.05) is 0 Å². The summed E-state index contributed by atoms with van der Waals surface area (Å²) in [6, 6.07) is 8.56. The van der Waals surface area contributed by atoms with Gasteiger partial charge in [-0.2, -0.15) is 0 Å². The smallest absolute Gasteiger partial charge is 0.0231 e. The summed E-state index contributed by atoms with van der Waals surface area (Å²) in [7, 11) is 4.32. The van der Waals surface area contributed by atoms with Crippen LogP contribution in [0.3, 0.4) is 0 Å². The van der Waals surface area contributed by atoms with Gasteiger partial charge in [0.25, 0.3) is 0 Å². The maximum Gasteiger partial charge on any atom is 0.0231 e. The van der Waals surface area contributed by atoms with Crippen LogP contribution in [-0.4, -0.2) is 43.5 Å². The monoisotopic (exact) mass is 235 g/mol. The molecule has 0 saturated heterocycles. The molecule has 0 amide bonds. The molecule has 0 saturated carbocycles. The van der Waals surface area contributed by atoms with Crippen LogP contribution in [0.25, 0.3) is 0 Å². The average molecular weight is 235 g/mol. The summed E-state index contributed by atoms with van der Waals surface area (Å²) in [5.74, 6) is 0. The summed E-state index contributed by atoms with van der Waals surface area (Å²) in [5, 5.41) is 0. The van der Waals surface area contributed by atoms with E-state index < -0.39 is 0 Å². The van der Waals surface area contributed by atoms with Crippen LogP contribution in [0.5, 0.6) is 0 Å². The standard InChI is InChI=1S/C14H25N3/c1-4-16(2)9-10-17(3)12-14-7-5-13(11-15)6-8-14/h5-8H,4,9-12,15H2,1-3H3. The van der Waals surface area contributed by atoms with Gasteiger partial charge in [0, 0.05) is 26.2 Å². The number of benzene rings is 1. The summed E-state index contributed by atoms with van der Waals surface area (Å²) in [4.78, 5) is 4.68. The number of nitrogens with two attached hydrogens (primary N) is 1. The van der Waals surface area contributed by atoms with Crippen LogP contribution in [0.2, 0.25) is 0 Å². The van der Waals surface area contributed by atoms with Crippen molar-refractivity contribution in [3.63, 3.8) is 0 Å². The van der Waals surface area contributed by atoms with Gasteiger partial charge in [-0.05, 0) is 31.8 Å². The van der Waals surface area contributed by atoms with Crippen molar-refractivity contribution in [1.29, 1.82) is 0 Å². The molecule has 1 rings (SSSR count). The van der Waals surface area contributed by atoms with E-state index in [0.717, 1.165) is 26.2 Å². The molecule has 2 N–H and O–H groups in total. The van der Waals surface area contributed by atoms with Gasteiger partial charge in [0.05, 0.1) is 0 Å². The van der Waals surface area contributed by atoms with Gasteiger partial charge in [0.1, 0.15) is 0 Å². The first-order valence-electron chi connectivity index (χ1n) is 6.30. The van der Waals surface area contributed by atoms with Crippen LogP contribution in [0.1, 0.15) is 18.1 Å². The molecule has 0 radical (unpaired) electrons. The first kappa shape index (κ1) is 14.2. The molecule has 1 aromatic carbocycles. The molecule has 0 aliphatic carbocycles. The van der Waals surface area contributed by atoms with Gasteiger partial charge in [-0.25, -0.2) is 0 Å². The lowest BCUT2D eigenvalue weighted by Gasteiger charge is -2.21. The molecule has 0 heterocycles. The minimum absolute atomic E-state index is 0.622. The second kappa shape index (κ2) is 7.43. The Labute approximate surface area is 105 Å². The van der Waals surface area contributed by atoms with Gasteiger partial charge >= 0.3 is 0 Å². The quantitative estimate of drug-likeness (QED) is 0.778. The Morgan fingerprint density at radius 1 is 0.941 bits per heavy atom. The molecule has 3 heteroatoms. The Morgan fingerprint density at radius 2 is 1.47 bits per heavy atom. The van der Waals surface area contributed by atoms with Crippen molar-refractivity contribution in [3.05, 3.63) is 35.4 Å². The summed E-state index contributed by atoms with van der Waals surface area (Å²) < 4.78 is 0. The maximum atomic E-state index is 5.58. The predicted octanol–water partition coefficient (Wildman–Crippen LogP) is 1.53. The maximum absolute atomic E-state index is 5.58. The van der Waals surface area contributed by atoms with Gasteiger partial charge in [-0.1, -0.05) is 31.2 Å². The molecule has 0 atom stereocenters. The fraction of sp³-hybridized carbons (Fsp3) is 0.571. The van der Waals surface area contributed by atoms with Crippen LogP contribution in [0, 0.1) is 0 Å². The summed E-state index contributed by atoms with van der Waals surface area (Å²) >= 11 is 0. The topological polar surface area (TPSA) is 32.5 Å². The lowest BCUT2D eigenvalue weighted by molar-refractivity contribution is 0.258. The molecule has 17 heavy (non-hydrogen) atoms. The zero-order chi connectivity index (χ0) is 12.7. The number of nitrogens with zero attached hydrogens (tertiary/aromatic N) is 2. The molecule has 0 unspecified atom stereocenters. The third-order valence-electron chi connectivity index (χ3n) is 3.11. The van der Waals surface area contributed by atoms with Crippen molar-refractivity contribution in [2.45, 2.75) is 20.0 Å². The van der Waals surface area contributed by atoms with Crippen LogP contribution in [0.4, 0.5) is 0 Å². The van der Waals surface area contributed by atoms with Crippen molar-refractivity contribution in [2.24, 2.45) is 5.73 Å². The van der Waals surface area contributed by atoms with Crippen LogP contribution in [-0.2, 0) is 13.1 Å². The molecule has 1 aromatic rings. The summed E-state index contributed by atoms with van der Waals surface area (Å²) in [6.45, 7) is 7.14. The normalized spacial score (nSPS) is 11.4. The third-order valence-corrected chi connectivity index (χ3v) is 3.11. The van der Waals surface area contributed by atoms with E-state index in [9.17, 15) is 0 Å². The summed E-state index contributed by atoms with van der Waals surface area (Å²) in [5.41, 5.74) is 8.13. The zero-order valence-corrected chi connectivity index (χ0v) is 11.3. The number of hydrogen-bond donors (Lipinski definition) is 1. The van der Waals surface area contributed by atoms with Gasteiger partial charge in [0.15, 0.2) is 0 Å². The zero-order valence-electron chi connectivity index (χ0n) is 11.3. The van der Waals surface area contributed by atoms with Gasteiger partial charge < -0.3 is 15.5 Å². The van der Waals surface area contributed by atoms with E-state index in [0.29, 0.717) is 6.54 Å². The minimum atomic E-state index is 0.622. The van der Waals surface area contributed by atoms with Crippen molar-refractivity contribution >= 4 is 0 Å². The second-order valence-corrected chi connectivity index (χ2v) is 4.65. The van der Waals surface area contributed by atoms with Crippen molar-refractivity contribution < 1.29 is 0 Å². The highest BCUT2D eigenvalue weighted by atomic mass is 15.2. The number of likely N-dealkylation sites (N-methyl/N-ethyl adjacent to an activating group) is 2. The Kier molecular flexibility index (Phi) is 6.19. The van der Waals surface area contributed by atoms with E-state index in [1.165, 1.54) is 11.1 Å². The Hall–Kier alpha value is -0.900. The molecular formula is C14H25N3. The molecule has 0 bridgehead atoms. The highest BCUT2D eigenvalue weighted by Crippen LogP contribution is 2.06. The molecular weight excluding hydrogens is 210 g/mol. The highest BCUT2D eigenvalue weighted by molar-refractivity contribution is 5.22. The van der Waals surface area contributed by atoms with E-state index in [2.05, 4.69) is 55.1 Å². The van der Waals surface area contributed by atoms with Crippen LogP contribution in [0.15, 0.2) is 24.3 Å². The first-order valence-corrected chi connectivity index (χ1v) is 6.30. The molecule has 0 spiro atoms. The molecule has 0 fully saturated rings. The number of hydrogen-bond acceptors (Lipinski definition) is 3. The largest absolute Gasteiger partial charge is 0.326 e. The van der Waals surface area contributed by atoms with E-state index >= 15 is 0 Å². The van der Waals surface area contributed by atoms with Gasteiger partial charge in [-0.15, -0.1) is 0 Å². The highest BCUT2D eigenvalue weighted by Gasteiger charge is 2.02. The molecule has 0 aliphatic heterocycles. The predicted molar refractivity (Wildman–Crippen MR) is 73.8 cm³/mol. The summed E-state index contributed by atoms with van der Waals surface area (Å²) in [6.07, 6.45) is 0. The number of rotatable bonds is 7. The Bertz CT molecular complexity index is 308. The molecule has 0 aliphatic rings. The third kappa shape index (κ3) is 5.31. The van der Waals surface area contributed by atoms with Crippen LogP contribution < -0.4 is 5.73 Å².